The van der Waals surface area contributed by atoms with E-state index in [-0.39, 0.29) is 16.3 Å². The number of hydrogen-bond donors (Lipinski definition) is 1. The molecular formula is C20H26ClN5O3S. The van der Waals surface area contributed by atoms with E-state index in [1.165, 1.54) is 15.3 Å². The van der Waals surface area contributed by atoms with E-state index in [1.54, 1.807) is 12.1 Å². The summed E-state index contributed by atoms with van der Waals surface area (Å²) in [5.74, 6) is 0.373. The molecule has 1 aromatic heterocycles. The summed E-state index contributed by atoms with van der Waals surface area (Å²) < 4.78 is 27.2. The highest BCUT2D eigenvalue weighted by atomic mass is 35.5. The predicted molar refractivity (Wildman–Crippen MR) is 113 cm³/mol. The van der Waals surface area contributed by atoms with E-state index in [1.807, 2.05) is 19.9 Å². The van der Waals surface area contributed by atoms with Crippen molar-refractivity contribution in [3.05, 3.63) is 40.5 Å². The van der Waals surface area contributed by atoms with Gasteiger partial charge in [0.2, 0.25) is 5.03 Å². The van der Waals surface area contributed by atoms with Crippen LogP contribution < -0.4 is 5.32 Å². The summed E-state index contributed by atoms with van der Waals surface area (Å²) in [7, 11) is -3.68. The summed E-state index contributed by atoms with van der Waals surface area (Å²) in [5, 5.41) is 11.4. The van der Waals surface area contributed by atoms with E-state index in [0.717, 1.165) is 24.8 Å². The molecule has 2 heterocycles. The van der Waals surface area contributed by atoms with Crippen molar-refractivity contribution in [2.75, 3.05) is 19.6 Å². The maximum atomic E-state index is 12.9. The number of carbonyl (C=O) groups excluding carboxylic acids is 1. The zero-order valence-corrected chi connectivity index (χ0v) is 18.7. The van der Waals surface area contributed by atoms with Crippen LogP contribution in [0.5, 0.6) is 0 Å². The Hall–Kier alpha value is -1.97. The highest BCUT2D eigenvalue weighted by Gasteiger charge is 2.51. The van der Waals surface area contributed by atoms with Crippen LogP contribution in [0.25, 0.3) is 0 Å². The van der Waals surface area contributed by atoms with Crippen molar-refractivity contribution >= 4 is 27.5 Å². The van der Waals surface area contributed by atoms with Crippen LogP contribution in [-0.2, 0) is 16.6 Å². The van der Waals surface area contributed by atoms with Crippen LogP contribution in [0.1, 0.15) is 42.1 Å². The molecule has 1 aliphatic carbocycles. The highest BCUT2D eigenvalue weighted by Crippen LogP contribution is 2.46. The summed E-state index contributed by atoms with van der Waals surface area (Å²) in [4.78, 5) is 14.0. The summed E-state index contributed by atoms with van der Waals surface area (Å²) in [6, 6.07) is 5.33. The first kappa shape index (κ1) is 21.3. The Kier molecular flexibility index (Phi) is 5.63. The summed E-state index contributed by atoms with van der Waals surface area (Å²) in [6.07, 6.45) is 4.53. The van der Waals surface area contributed by atoms with Gasteiger partial charge in [0.05, 0.1) is 23.3 Å². The highest BCUT2D eigenvalue weighted by molar-refractivity contribution is 7.89. The number of halogens is 1. The smallest absolute Gasteiger partial charge is 0.264 e. The van der Waals surface area contributed by atoms with Gasteiger partial charge in [0.25, 0.3) is 15.9 Å². The second-order valence-electron chi connectivity index (χ2n) is 8.46. The van der Waals surface area contributed by atoms with Gasteiger partial charge in [-0.05, 0) is 43.9 Å². The zero-order chi connectivity index (χ0) is 21.5. The number of benzene rings is 1. The molecule has 162 valence electrons. The maximum Gasteiger partial charge on any atom is 0.264 e. The summed E-state index contributed by atoms with van der Waals surface area (Å²) >= 11 is 6.22. The van der Waals surface area contributed by atoms with Gasteiger partial charge >= 0.3 is 0 Å². The minimum atomic E-state index is -3.68. The first-order valence-electron chi connectivity index (χ1n) is 10.2. The molecule has 2 aromatic rings. The van der Waals surface area contributed by atoms with Gasteiger partial charge < -0.3 is 5.32 Å². The molecule has 0 radical (unpaired) electrons. The van der Waals surface area contributed by atoms with Gasteiger partial charge in [-0.3, -0.25) is 4.79 Å². The van der Waals surface area contributed by atoms with Gasteiger partial charge in [-0.15, -0.1) is 5.10 Å². The average molecular weight is 452 g/mol. The van der Waals surface area contributed by atoms with Crippen molar-refractivity contribution in [3.8, 4) is 0 Å². The van der Waals surface area contributed by atoms with Crippen LogP contribution in [0.2, 0.25) is 5.02 Å². The third-order valence-corrected chi connectivity index (χ3v) is 7.80. The normalized spacial score (nSPS) is 18.8. The van der Waals surface area contributed by atoms with Gasteiger partial charge in [0.1, 0.15) is 0 Å². The van der Waals surface area contributed by atoms with E-state index in [0.29, 0.717) is 42.7 Å². The van der Waals surface area contributed by atoms with Crippen molar-refractivity contribution in [2.24, 2.45) is 11.3 Å². The zero-order valence-electron chi connectivity index (χ0n) is 17.1. The molecule has 1 aliphatic heterocycles. The number of aromatic nitrogens is 3. The molecular weight excluding hydrogens is 426 g/mol. The fourth-order valence-electron chi connectivity index (χ4n) is 3.97. The van der Waals surface area contributed by atoms with E-state index in [9.17, 15) is 13.2 Å². The van der Waals surface area contributed by atoms with E-state index < -0.39 is 10.0 Å². The minimum Gasteiger partial charge on any atom is -0.351 e. The molecule has 8 nitrogen and oxygen atoms in total. The Morgan fingerprint density at radius 2 is 2.07 bits per heavy atom. The number of aryl methyl sites for hydroxylation is 2. The average Bonchev–Trinajstić information content (AvgIpc) is 3.34. The Labute approximate surface area is 181 Å². The first-order chi connectivity index (χ1) is 14.2. The van der Waals surface area contributed by atoms with Gasteiger partial charge in [0.15, 0.2) is 0 Å². The molecule has 10 heteroatoms. The number of hydrogen-bond acceptors (Lipinski definition) is 5. The second kappa shape index (κ2) is 7.94. The molecule has 0 atom stereocenters. The molecule has 1 N–H and O–H groups in total. The molecule has 1 saturated heterocycles. The van der Waals surface area contributed by atoms with Crippen molar-refractivity contribution in [1.82, 2.24) is 24.6 Å². The van der Waals surface area contributed by atoms with Gasteiger partial charge in [-0.25, -0.2) is 8.42 Å². The first-order valence-corrected chi connectivity index (χ1v) is 12.0. The fraction of sp³-hybridized carbons (Fsp3) is 0.550. The largest absolute Gasteiger partial charge is 0.351 e. The Bertz CT molecular complexity index is 1060. The molecule has 0 bridgehead atoms. The topological polar surface area (TPSA) is 97.2 Å². The number of carbonyl (C=O) groups is 1. The molecule has 1 amide bonds. The molecule has 2 fully saturated rings. The molecule has 0 spiro atoms. The van der Waals surface area contributed by atoms with E-state index in [2.05, 4.69) is 15.5 Å². The number of sulfonamides is 1. The molecule has 2 aliphatic rings. The van der Waals surface area contributed by atoms with E-state index in [4.69, 9.17) is 11.6 Å². The molecule has 0 unspecified atom stereocenters. The third kappa shape index (κ3) is 4.24. The van der Waals surface area contributed by atoms with Gasteiger partial charge in [0, 0.05) is 25.0 Å². The Morgan fingerprint density at radius 1 is 1.33 bits per heavy atom. The van der Waals surface area contributed by atoms with Crippen molar-refractivity contribution in [1.29, 1.82) is 0 Å². The standard InChI is InChI=1S/C20H26ClN5O3S/c1-3-26-23-10-18(24-26)30(28,29)25-12-20(13-25,9-15-5-6-15)11-22-19(27)16-7-4-14(2)8-17(16)21/h4,7-8,10,15H,3,5-6,9,11-13H2,1-2H3,(H,22,27). The lowest BCUT2D eigenvalue weighted by Gasteiger charge is -2.49. The number of nitrogens with zero attached hydrogens (tertiary/aromatic N) is 4. The Morgan fingerprint density at radius 3 is 2.67 bits per heavy atom. The van der Waals surface area contributed by atoms with Crippen LogP contribution >= 0.6 is 11.6 Å². The summed E-state index contributed by atoms with van der Waals surface area (Å²) in [6.45, 7) is 5.43. The molecule has 1 saturated carbocycles. The molecule has 1 aromatic carbocycles. The number of nitrogens with one attached hydrogen (secondary N) is 1. The van der Waals surface area contributed by atoms with Crippen LogP contribution in [0.3, 0.4) is 0 Å². The van der Waals surface area contributed by atoms with Crippen molar-refractivity contribution < 1.29 is 13.2 Å². The van der Waals surface area contributed by atoms with Crippen molar-refractivity contribution in [2.45, 2.75) is 44.7 Å². The fourth-order valence-corrected chi connectivity index (χ4v) is 5.82. The lowest BCUT2D eigenvalue weighted by atomic mass is 9.76. The van der Waals surface area contributed by atoms with Crippen LogP contribution in [-0.4, -0.2) is 53.3 Å². The SMILES string of the molecule is CCn1ncc(S(=O)(=O)N2CC(CNC(=O)c3ccc(C)cc3Cl)(CC3CC3)C2)n1. The van der Waals surface area contributed by atoms with Crippen LogP contribution in [0.15, 0.2) is 29.4 Å². The monoisotopic (exact) mass is 451 g/mol. The van der Waals surface area contributed by atoms with E-state index >= 15 is 0 Å². The molecule has 4 rings (SSSR count). The Balaban J connectivity index is 1.44. The minimum absolute atomic E-state index is 0.0279. The maximum absolute atomic E-state index is 12.9. The lowest BCUT2D eigenvalue weighted by Crippen LogP contribution is -2.62. The summed E-state index contributed by atoms with van der Waals surface area (Å²) in [5.41, 5.74) is 1.16. The third-order valence-electron chi connectivity index (χ3n) is 5.84. The second-order valence-corrected chi connectivity index (χ2v) is 10.7. The molecule has 30 heavy (non-hydrogen) atoms. The predicted octanol–water partition coefficient (Wildman–Crippen LogP) is 2.48. The number of rotatable bonds is 8. The van der Waals surface area contributed by atoms with Crippen LogP contribution in [0.4, 0.5) is 0 Å². The number of amides is 1. The van der Waals surface area contributed by atoms with Crippen LogP contribution in [0, 0.1) is 18.3 Å². The quantitative estimate of drug-likeness (QED) is 0.665. The van der Waals surface area contributed by atoms with Gasteiger partial charge in [-0.2, -0.15) is 14.2 Å². The van der Waals surface area contributed by atoms with Gasteiger partial charge in [-0.1, -0.05) is 30.5 Å². The van der Waals surface area contributed by atoms with Crippen molar-refractivity contribution in [3.63, 3.8) is 0 Å². The lowest BCUT2D eigenvalue weighted by molar-refractivity contribution is 0.0505.